The van der Waals surface area contributed by atoms with Crippen molar-refractivity contribution in [2.24, 2.45) is 0 Å². The van der Waals surface area contributed by atoms with Crippen molar-refractivity contribution in [1.82, 2.24) is 19.4 Å². The average Bonchev–Trinajstić information content (AvgIpc) is 3.35. The van der Waals surface area contributed by atoms with Gasteiger partial charge in [0.25, 0.3) is 5.91 Å². The van der Waals surface area contributed by atoms with Gasteiger partial charge in [0.05, 0.1) is 17.1 Å². The van der Waals surface area contributed by atoms with E-state index in [1.54, 1.807) is 17.8 Å². The fourth-order valence-electron chi connectivity index (χ4n) is 4.76. The number of benzene rings is 1. The molecule has 0 atom stereocenters. The molecule has 1 saturated heterocycles. The minimum absolute atomic E-state index is 0.0147. The molecule has 0 unspecified atom stereocenters. The van der Waals surface area contributed by atoms with Gasteiger partial charge in [-0.15, -0.1) is 0 Å². The fraction of sp³-hybridized carbons (Fsp3) is 0.448. The Morgan fingerprint density at radius 3 is 2.58 bits per heavy atom. The number of hydrogen-bond acceptors (Lipinski definition) is 6. The number of hydrogen-bond donors (Lipinski definition) is 2. The van der Waals surface area contributed by atoms with E-state index in [1.165, 1.54) is 4.90 Å². The number of aromatic nitrogens is 3. The third kappa shape index (κ3) is 7.48. The highest BCUT2D eigenvalue weighted by Crippen LogP contribution is 2.30. The average molecular weight is 565 g/mol. The van der Waals surface area contributed by atoms with Gasteiger partial charge in [-0.05, 0) is 50.1 Å². The van der Waals surface area contributed by atoms with Gasteiger partial charge < -0.3 is 29.5 Å². The zero-order valence-corrected chi connectivity index (χ0v) is 25.1. The first-order valence-corrected chi connectivity index (χ1v) is 17.4. The summed E-state index contributed by atoms with van der Waals surface area (Å²) in [5.41, 5.74) is 4.03. The van der Waals surface area contributed by atoms with E-state index in [4.69, 9.17) is 9.72 Å². The molecule has 1 aromatic carbocycles. The molecule has 214 valence electrons. The molecule has 2 N–H and O–H groups in total. The lowest BCUT2D eigenvalue weighted by atomic mass is 10.0. The van der Waals surface area contributed by atoms with Gasteiger partial charge in [-0.2, -0.15) is 0 Å². The van der Waals surface area contributed by atoms with E-state index in [0.717, 1.165) is 35.8 Å². The van der Waals surface area contributed by atoms with Gasteiger partial charge in [-0.25, -0.2) is 9.78 Å². The lowest BCUT2D eigenvalue weighted by Crippen LogP contribution is -2.45. The minimum atomic E-state index is -1.25. The van der Waals surface area contributed by atoms with Crippen LogP contribution in [0.2, 0.25) is 25.7 Å². The number of piperidine rings is 1. The maximum Gasteiger partial charge on any atom is 0.407 e. The first-order valence-electron chi connectivity index (χ1n) is 13.7. The van der Waals surface area contributed by atoms with Crippen LogP contribution in [0.15, 0.2) is 48.8 Å². The van der Waals surface area contributed by atoms with Crippen LogP contribution in [0.5, 0.6) is 0 Å². The number of aryl methyl sites for hydroxylation is 1. The largest absolute Gasteiger partial charge is 0.465 e. The molecule has 40 heavy (non-hydrogen) atoms. The van der Waals surface area contributed by atoms with Gasteiger partial charge in [-0.1, -0.05) is 31.8 Å². The summed E-state index contributed by atoms with van der Waals surface area (Å²) >= 11 is 0. The molecule has 1 aliphatic rings. The van der Waals surface area contributed by atoms with Crippen molar-refractivity contribution in [3.8, 4) is 11.3 Å². The predicted octanol–water partition coefficient (Wildman–Crippen LogP) is 5.40. The zero-order valence-electron chi connectivity index (χ0n) is 24.1. The Morgan fingerprint density at radius 2 is 1.90 bits per heavy atom. The molecule has 2 aromatic heterocycles. The van der Waals surface area contributed by atoms with Crippen LogP contribution in [0.3, 0.4) is 0 Å². The van der Waals surface area contributed by atoms with Gasteiger partial charge >= 0.3 is 6.09 Å². The van der Waals surface area contributed by atoms with Crippen LogP contribution < -0.4 is 10.2 Å². The Kier molecular flexibility index (Phi) is 9.26. The molecule has 0 radical (unpaired) electrons. The van der Waals surface area contributed by atoms with Crippen molar-refractivity contribution in [3.05, 3.63) is 60.3 Å². The number of para-hydroxylation sites is 2. The Bertz CT molecular complexity index is 1330. The molecular weight excluding hydrogens is 524 g/mol. The van der Waals surface area contributed by atoms with E-state index in [1.807, 2.05) is 49.5 Å². The summed E-state index contributed by atoms with van der Waals surface area (Å²) in [6.45, 7) is 11.1. The number of carbonyl (C=O) groups is 2. The molecule has 4 rings (SSSR count). The monoisotopic (exact) mass is 564 g/mol. The second kappa shape index (κ2) is 12.6. The number of carboxylic acid groups (broad SMARTS) is 1. The number of pyridine rings is 1. The van der Waals surface area contributed by atoms with Crippen LogP contribution in [0, 0.1) is 6.92 Å². The molecule has 10 nitrogen and oxygen atoms in total. The fourth-order valence-corrected chi connectivity index (χ4v) is 5.52. The Balaban J connectivity index is 1.53. The number of imidazole rings is 1. The molecule has 0 aliphatic carbocycles. The highest BCUT2D eigenvalue weighted by molar-refractivity contribution is 6.76. The van der Waals surface area contributed by atoms with E-state index in [2.05, 4.69) is 34.8 Å². The molecular formula is C29H40N6O4Si. The van der Waals surface area contributed by atoms with Crippen molar-refractivity contribution < 1.29 is 19.4 Å². The minimum Gasteiger partial charge on any atom is -0.465 e. The van der Waals surface area contributed by atoms with Gasteiger partial charge in [0.2, 0.25) is 5.82 Å². The topological polar surface area (TPSA) is 113 Å². The third-order valence-corrected chi connectivity index (χ3v) is 8.91. The van der Waals surface area contributed by atoms with Crippen LogP contribution in [0.25, 0.3) is 11.3 Å². The summed E-state index contributed by atoms with van der Waals surface area (Å²) in [7, 11) is 0.373. The summed E-state index contributed by atoms with van der Waals surface area (Å²) in [6, 6.07) is 12.5. The molecule has 11 heteroatoms. The van der Waals surface area contributed by atoms with E-state index >= 15 is 0 Å². The van der Waals surface area contributed by atoms with Crippen LogP contribution in [0.4, 0.5) is 16.2 Å². The number of anilines is 2. The highest BCUT2D eigenvalue weighted by atomic mass is 28.3. The van der Waals surface area contributed by atoms with Crippen molar-refractivity contribution in [2.45, 2.75) is 58.2 Å². The van der Waals surface area contributed by atoms with E-state index in [-0.39, 0.29) is 24.5 Å². The van der Waals surface area contributed by atoms with Crippen molar-refractivity contribution in [1.29, 1.82) is 0 Å². The first-order chi connectivity index (χ1) is 19.0. The summed E-state index contributed by atoms with van der Waals surface area (Å²) < 4.78 is 7.75. The number of nitrogens with zero attached hydrogens (tertiary/aromatic N) is 5. The maximum absolute atomic E-state index is 13.6. The molecule has 0 spiro atoms. The number of carbonyl (C=O) groups excluding carboxylic acids is 1. The lowest BCUT2D eigenvalue weighted by Gasteiger charge is -2.37. The van der Waals surface area contributed by atoms with Crippen LogP contribution in [-0.2, 0) is 11.5 Å². The standard InChI is InChI=1S/C29H40N6O4Si/c1-21-18-22(10-13-30-21)25-19-35(20-39-16-17-40(3,4)5)27(31-25)28(36)32-24-8-6-7-9-26(24)34-14-11-23(12-15-34)33(2)29(37)38/h6-10,13,18-19,23H,11-12,14-17,20H2,1-5H3,(H,32,36)(H,37,38). The van der Waals surface area contributed by atoms with E-state index in [0.29, 0.717) is 31.1 Å². The number of nitrogens with one attached hydrogen (secondary N) is 1. The summed E-state index contributed by atoms with van der Waals surface area (Å²) in [4.78, 5) is 37.6. The quantitative estimate of drug-likeness (QED) is 0.251. The third-order valence-electron chi connectivity index (χ3n) is 7.21. The summed E-state index contributed by atoms with van der Waals surface area (Å²) in [6.07, 6.45) is 4.13. The number of amides is 2. The Morgan fingerprint density at radius 1 is 1.18 bits per heavy atom. The zero-order chi connectivity index (χ0) is 28.9. The predicted molar refractivity (Wildman–Crippen MR) is 160 cm³/mol. The maximum atomic E-state index is 13.6. The number of ether oxygens (including phenoxy) is 1. The highest BCUT2D eigenvalue weighted by Gasteiger charge is 2.27. The van der Waals surface area contributed by atoms with Crippen molar-refractivity contribution >= 4 is 31.4 Å². The summed E-state index contributed by atoms with van der Waals surface area (Å²) in [5, 5.41) is 12.4. The van der Waals surface area contributed by atoms with Crippen molar-refractivity contribution in [2.75, 3.05) is 37.0 Å². The van der Waals surface area contributed by atoms with Gasteiger partial charge in [-0.3, -0.25) is 9.78 Å². The Hall–Kier alpha value is -3.70. The van der Waals surface area contributed by atoms with E-state index < -0.39 is 14.2 Å². The molecule has 3 heterocycles. The molecule has 0 saturated carbocycles. The second-order valence-electron chi connectivity index (χ2n) is 11.5. The number of rotatable bonds is 10. The molecule has 0 bridgehead atoms. The summed E-state index contributed by atoms with van der Waals surface area (Å²) in [5.74, 6) is -0.0483. The van der Waals surface area contributed by atoms with Gasteiger partial charge in [0, 0.05) is 64.5 Å². The molecule has 3 aromatic rings. The van der Waals surface area contributed by atoms with Crippen LogP contribution >= 0.6 is 0 Å². The SMILES string of the molecule is Cc1cc(-c2cn(COCC[Si](C)(C)C)c(C(=O)Nc3ccccc3N3CCC(N(C)C(=O)O)CC3)n2)ccn1. The molecule has 2 amide bonds. The first kappa shape index (κ1) is 29.3. The normalized spacial score (nSPS) is 14.3. The Labute approximate surface area is 237 Å². The molecule has 1 fully saturated rings. The van der Waals surface area contributed by atoms with Gasteiger partial charge in [0.1, 0.15) is 6.73 Å². The van der Waals surface area contributed by atoms with E-state index in [9.17, 15) is 14.7 Å². The second-order valence-corrected chi connectivity index (χ2v) is 17.2. The van der Waals surface area contributed by atoms with Crippen molar-refractivity contribution in [3.63, 3.8) is 0 Å². The smallest absolute Gasteiger partial charge is 0.407 e. The molecule has 1 aliphatic heterocycles. The van der Waals surface area contributed by atoms with Crippen LogP contribution in [0.1, 0.15) is 29.2 Å². The lowest BCUT2D eigenvalue weighted by molar-refractivity contribution is 0.0809. The van der Waals surface area contributed by atoms with Gasteiger partial charge in [0.15, 0.2) is 0 Å². The van der Waals surface area contributed by atoms with Crippen LogP contribution in [-0.4, -0.2) is 77.4 Å².